The van der Waals surface area contributed by atoms with Crippen LogP contribution in [-0.2, 0) is 9.53 Å². The smallest absolute Gasteiger partial charge is 0.337 e. The number of carbonyl (C=O) groups is 2. The number of ether oxygens (including phenoxy) is 1. The third-order valence-electron chi connectivity index (χ3n) is 9.82. The molecule has 2 aromatic rings. The van der Waals surface area contributed by atoms with Crippen LogP contribution in [-0.4, -0.2) is 30.1 Å². The normalized spacial score (nSPS) is 30.5. The highest BCUT2D eigenvalue weighted by Crippen LogP contribution is 2.63. The number of hydrogen-bond donors (Lipinski definition) is 1. The first-order valence-corrected chi connectivity index (χ1v) is 14.0. The summed E-state index contributed by atoms with van der Waals surface area (Å²) in [6, 6.07) is 16.3. The lowest BCUT2D eigenvalue weighted by Crippen LogP contribution is -2.45. The Morgan fingerprint density at radius 1 is 0.947 bits per heavy atom. The Hall–Kier alpha value is -3.24. The van der Waals surface area contributed by atoms with Crippen molar-refractivity contribution in [3.8, 4) is 0 Å². The molecule has 0 amide bonds. The Morgan fingerprint density at radius 2 is 1.63 bits per heavy atom. The van der Waals surface area contributed by atoms with Gasteiger partial charge >= 0.3 is 5.97 Å². The van der Waals surface area contributed by atoms with E-state index in [9.17, 15) is 14.7 Å². The van der Waals surface area contributed by atoms with Gasteiger partial charge in [-0.15, -0.1) is 0 Å². The second kappa shape index (κ2) is 9.81. The third-order valence-corrected chi connectivity index (χ3v) is 9.82. The number of esters is 1. The van der Waals surface area contributed by atoms with Gasteiger partial charge in [0, 0.05) is 12.3 Å². The minimum atomic E-state index is -0.331. The maximum atomic E-state index is 12.2. The van der Waals surface area contributed by atoms with Gasteiger partial charge < -0.3 is 9.84 Å². The van der Waals surface area contributed by atoms with E-state index in [0.29, 0.717) is 23.8 Å². The number of aliphatic hydroxyl groups is 1. The Labute approximate surface area is 225 Å². The number of aliphatic hydroxyl groups excluding tert-OH is 1. The number of carbonyl (C=O) groups excluding carboxylic acids is 2. The average molecular weight is 509 g/mol. The Kier molecular flexibility index (Phi) is 6.47. The summed E-state index contributed by atoms with van der Waals surface area (Å²) in [5.74, 6) is 1.26. The van der Waals surface area contributed by atoms with Crippen LogP contribution < -0.4 is 0 Å². The zero-order valence-corrected chi connectivity index (χ0v) is 22.3. The van der Waals surface area contributed by atoms with Gasteiger partial charge in [0.25, 0.3) is 0 Å². The summed E-state index contributed by atoms with van der Waals surface area (Å²) >= 11 is 0. The van der Waals surface area contributed by atoms with E-state index in [1.165, 1.54) is 23.8 Å². The van der Waals surface area contributed by atoms with Crippen LogP contribution in [0.25, 0.3) is 12.2 Å². The van der Waals surface area contributed by atoms with Crippen molar-refractivity contribution in [2.75, 3.05) is 7.11 Å². The fourth-order valence-electron chi connectivity index (χ4n) is 7.81. The molecule has 4 heteroatoms. The molecule has 0 heterocycles. The van der Waals surface area contributed by atoms with Crippen LogP contribution >= 0.6 is 0 Å². The topological polar surface area (TPSA) is 63.6 Å². The molecular formula is C34H36O4. The minimum absolute atomic E-state index is 0.0555. The maximum absolute atomic E-state index is 12.2. The van der Waals surface area contributed by atoms with E-state index >= 15 is 0 Å². The van der Waals surface area contributed by atoms with Gasteiger partial charge in [-0.1, -0.05) is 61.0 Å². The van der Waals surface area contributed by atoms with Gasteiger partial charge in [-0.3, -0.25) is 4.79 Å². The molecule has 0 spiro atoms. The average Bonchev–Trinajstić information content (AvgIpc) is 3.25. The number of methoxy groups -OCH3 is 1. The van der Waals surface area contributed by atoms with Crippen molar-refractivity contribution in [3.63, 3.8) is 0 Å². The van der Waals surface area contributed by atoms with Crippen LogP contribution in [0.2, 0.25) is 0 Å². The molecule has 38 heavy (non-hydrogen) atoms. The van der Waals surface area contributed by atoms with E-state index in [4.69, 9.17) is 4.74 Å². The van der Waals surface area contributed by atoms with Crippen LogP contribution in [0.15, 0.2) is 71.3 Å². The molecule has 4 nitrogen and oxygen atoms in total. The molecule has 2 saturated carbocycles. The first kappa shape index (κ1) is 25.1. The van der Waals surface area contributed by atoms with Gasteiger partial charge in [0.1, 0.15) is 0 Å². The summed E-state index contributed by atoms with van der Waals surface area (Å²) in [6.07, 6.45) is 12.4. The summed E-state index contributed by atoms with van der Waals surface area (Å²) < 4.78 is 4.78. The molecule has 0 saturated heterocycles. The Morgan fingerprint density at radius 3 is 2.32 bits per heavy atom. The Balaban J connectivity index is 1.30. The highest BCUT2D eigenvalue weighted by atomic mass is 16.5. The van der Waals surface area contributed by atoms with Crippen molar-refractivity contribution >= 4 is 23.9 Å². The van der Waals surface area contributed by atoms with Crippen molar-refractivity contribution in [2.45, 2.75) is 63.9 Å². The highest BCUT2D eigenvalue weighted by molar-refractivity contribution is 5.93. The molecular weight excluding hydrogens is 472 g/mol. The van der Waals surface area contributed by atoms with Gasteiger partial charge in [-0.2, -0.15) is 0 Å². The fraction of sp³-hybridized carbons (Fsp3) is 0.412. The highest BCUT2D eigenvalue weighted by Gasteiger charge is 2.56. The molecule has 2 fully saturated rings. The van der Waals surface area contributed by atoms with Crippen molar-refractivity contribution in [2.24, 2.45) is 17.3 Å². The molecule has 4 aliphatic carbocycles. The molecule has 6 rings (SSSR count). The van der Waals surface area contributed by atoms with Crippen LogP contribution in [0.1, 0.15) is 84.8 Å². The van der Waals surface area contributed by atoms with Crippen molar-refractivity contribution in [1.82, 2.24) is 0 Å². The fourth-order valence-corrected chi connectivity index (χ4v) is 7.81. The molecule has 4 aliphatic rings. The lowest BCUT2D eigenvalue weighted by Gasteiger charge is -2.52. The number of rotatable bonds is 4. The summed E-state index contributed by atoms with van der Waals surface area (Å²) in [7, 11) is 1.39. The molecule has 0 aliphatic heterocycles. The number of benzene rings is 2. The van der Waals surface area contributed by atoms with E-state index in [1.54, 1.807) is 17.7 Å². The van der Waals surface area contributed by atoms with Gasteiger partial charge in [0.15, 0.2) is 5.78 Å². The zero-order chi connectivity index (χ0) is 26.4. The van der Waals surface area contributed by atoms with Gasteiger partial charge in [0.05, 0.1) is 18.8 Å². The van der Waals surface area contributed by atoms with Gasteiger partial charge in [-0.25, -0.2) is 4.79 Å². The van der Waals surface area contributed by atoms with Gasteiger partial charge in [-0.05, 0) is 102 Å². The Bertz CT molecular complexity index is 1340. The van der Waals surface area contributed by atoms with Crippen LogP contribution in [0.4, 0.5) is 0 Å². The van der Waals surface area contributed by atoms with Crippen LogP contribution in [0.3, 0.4) is 0 Å². The second-order valence-electron chi connectivity index (χ2n) is 11.8. The first-order chi connectivity index (χ1) is 18.4. The molecule has 2 aromatic carbocycles. The number of hydrogen-bond acceptors (Lipinski definition) is 4. The van der Waals surface area contributed by atoms with Crippen molar-refractivity contribution in [1.29, 1.82) is 0 Å². The molecule has 1 N–H and O–H groups in total. The molecule has 0 aromatic heterocycles. The summed E-state index contributed by atoms with van der Waals surface area (Å²) in [5.41, 5.74) is 8.24. The lowest BCUT2D eigenvalue weighted by atomic mass is 9.53. The molecule has 5 atom stereocenters. The molecule has 0 radical (unpaired) electrons. The van der Waals surface area contributed by atoms with Crippen LogP contribution in [0.5, 0.6) is 0 Å². The van der Waals surface area contributed by atoms with E-state index in [0.717, 1.165) is 49.7 Å². The van der Waals surface area contributed by atoms with E-state index < -0.39 is 0 Å². The standard InChI is InChI=1S/C34H36O4/c1-34-20-29(23-9-5-21(6-10-23)3-4-22-7-11-24(12-8-22)33(37)38-2)32-27-16-14-26(35)19-25(27)13-15-28(32)30(34)17-18-31(34)36/h3-12,19,28-31,36H,13-18,20H2,1-2H3/b4-3+/t28?,29-,30?,31+,34+/m1/s1. The lowest BCUT2D eigenvalue weighted by molar-refractivity contribution is -0.114. The first-order valence-electron chi connectivity index (χ1n) is 14.0. The quantitative estimate of drug-likeness (QED) is 0.360. The van der Waals surface area contributed by atoms with Crippen LogP contribution in [0, 0.1) is 17.3 Å². The third kappa shape index (κ3) is 4.29. The predicted molar refractivity (Wildman–Crippen MR) is 149 cm³/mol. The summed E-state index contributed by atoms with van der Waals surface area (Å²) in [4.78, 5) is 23.9. The summed E-state index contributed by atoms with van der Waals surface area (Å²) in [6.45, 7) is 2.32. The monoisotopic (exact) mass is 508 g/mol. The second-order valence-corrected chi connectivity index (χ2v) is 11.8. The minimum Gasteiger partial charge on any atom is -0.465 e. The SMILES string of the molecule is COC(=O)c1ccc(/C=C/c2ccc([C@H]3C[C@@]4(C)C(CC[C@@H]4O)C4CCC5=CC(=O)CCC5=C43)cc2)cc1. The number of fused-ring (bicyclic) bond motifs is 4. The van der Waals surface area contributed by atoms with E-state index in [-0.39, 0.29) is 29.2 Å². The van der Waals surface area contributed by atoms with E-state index in [1.807, 2.05) is 18.2 Å². The molecule has 2 unspecified atom stereocenters. The van der Waals surface area contributed by atoms with E-state index in [2.05, 4.69) is 43.3 Å². The number of allylic oxidation sites excluding steroid dienone is 4. The molecule has 0 bridgehead atoms. The van der Waals surface area contributed by atoms with Crippen molar-refractivity contribution < 1.29 is 19.4 Å². The van der Waals surface area contributed by atoms with Crippen molar-refractivity contribution in [3.05, 3.63) is 93.6 Å². The van der Waals surface area contributed by atoms with Gasteiger partial charge in [0.2, 0.25) is 0 Å². The molecule has 196 valence electrons. The summed E-state index contributed by atoms with van der Waals surface area (Å²) in [5, 5.41) is 11.1. The number of ketones is 1. The largest absolute Gasteiger partial charge is 0.465 e. The zero-order valence-electron chi connectivity index (χ0n) is 22.3. The maximum Gasteiger partial charge on any atom is 0.337 e. The predicted octanol–water partition coefficient (Wildman–Crippen LogP) is 6.90.